The maximum absolute atomic E-state index is 12.3. The highest BCUT2D eigenvalue weighted by Gasteiger charge is 2.30. The minimum Gasteiger partial charge on any atom is -0.378 e. The molecule has 3 rings (SSSR count). The number of carbonyl (C=O) groups excluding carboxylic acids is 1. The molecular weight excluding hydrogens is 346 g/mol. The summed E-state index contributed by atoms with van der Waals surface area (Å²) in [6.45, 7) is 3.61. The number of benzene rings is 1. The fourth-order valence-electron chi connectivity index (χ4n) is 3.79. The van der Waals surface area contributed by atoms with Gasteiger partial charge in [-0.25, -0.2) is 0 Å². The van der Waals surface area contributed by atoms with Gasteiger partial charge >= 0.3 is 0 Å². The van der Waals surface area contributed by atoms with Crippen LogP contribution in [0.3, 0.4) is 0 Å². The normalized spacial score (nSPS) is 23.3. The first-order valence-corrected chi connectivity index (χ1v) is 10.5. The van der Waals surface area contributed by atoms with Crippen molar-refractivity contribution in [1.82, 2.24) is 5.32 Å². The molecule has 1 saturated heterocycles. The average Bonchev–Trinajstić information content (AvgIpc) is 2.71. The number of ether oxygens (including phenoxy) is 1. The second kappa shape index (κ2) is 9.84. The Hall–Kier alpha value is -1.71. The van der Waals surface area contributed by atoms with Crippen LogP contribution in [0, 0.1) is 23.2 Å². The molecule has 2 fully saturated rings. The number of nitrogens with zero attached hydrogens (tertiary/aromatic N) is 2. The zero-order valence-electron chi connectivity index (χ0n) is 15.2. The minimum absolute atomic E-state index is 0.0530. The van der Waals surface area contributed by atoms with Crippen LogP contribution in [-0.4, -0.2) is 44.5 Å². The van der Waals surface area contributed by atoms with Crippen molar-refractivity contribution in [2.45, 2.75) is 30.6 Å². The van der Waals surface area contributed by atoms with E-state index in [9.17, 15) is 4.79 Å². The molecule has 1 heterocycles. The molecule has 1 aromatic rings. The highest BCUT2D eigenvalue weighted by Crippen LogP contribution is 2.35. The Bertz CT molecular complexity index is 623. The molecule has 0 aromatic heterocycles. The first kappa shape index (κ1) is 19.1. The van der Waals surface area contributed by atoms with E-state index in [2.05, 4.69) is 34.5 Å². The van der Waals surface area contributed by atoms with Crippen molar-refractivity contribution in [3.8, 4) is 6.07 Å². The molecule has 0 spiro atoms. The molecule has 140 valence electrons. The van der Waals surface area contributed by atoms with Crippen LogP contribution in [0.1, 0.15) is 25.7 Å². The van der Waals surface area contributed by atoms with Crippen LogP contribution < -0.4 is 10.2 Å². The van der Waals surface area contributed by atoms with Gasteiger partial charge in [-0.15, -0.1) is 11.8 Å². The molecule has 1 amide bonds. The van der Waals surface area contributed by atoms with Gasteiger partial charge in [-0.1, -0.05) is 12.8 Å². The average molecular weight is 374 g/mol. The lowest BCUT2D eigenvalue weighted by Crippen LogP contribution is -2.37. The molecule has 2 aliphatic rings. The summed E-state index contributed by atoms with van der Waals surface area (Å²) in [7, 11) is 0. The van der Waals surface area contributed by atoms with Crippen LogP contribution >= 0.6 is 11.8 Å². The van der Waals surface area contributed by atoms with E-state index in [1.165, 1.54) is 17.0 Å². The maximum atomic E-state index is 12.3. The number of rotatable bonds is 6. The zero-order valence-corrected chi connectivity index (χ0v) is 16.0. The topological polar surface area (TPSA) is 65.4 Å². The Morgan fingerprint density at radius 3 is 2.69 bits per heavy atom. The number of carbonyl (C=O) groups is 1. The monoisotopic (exact) mass is 373 g/mol. The standard InChI is InChI=1S/C20H27N3O2S/c21-9-10-22-20(24)19-4-2-1-3-16(19)15-26-18-7-5-17(6-8-18)23-11-13-25-14-12-23/h5-8,16,19H,1-4,10-15H2,(H,22,24). The molecule has 0 radical (unpaired) electrons. The van der Waals surface area contributed by atoms with E-state index in [4.69, 9.17) is 10.00 Å². The zero-order chi connectivity index (χ0) is 18.2. The highest BCUT2D eigenvalue weighted by atomic mass is 32.2. The van der Waals surface area contributed by atoms with E-state index in [0.717, 1.165) is 51.3 Å². The predicted molar refractivity (Wildman–Crippen MR) is 104 cm³/mol. The molecular formula is C20H27N3O2S. The van der Waals surface area contributed by atoms with Crippen LogP contribution in [0.25, 0.3) is 0 Å². The lowest BCUT2D eigenvalue weighted by Gasteiger charge is -2.30. The van der Waals surface area contributed by atoms with Gasteiger partial charge in [-0.05, 0) is 43.0 Å². The van der Waals surface area contributed by atoms with Crippen molar-refractivity contribution in [2.75, 3.05) is 43.5 Å². The van der Waals surface area contributed by atoms with Crippen LogP contribution in [0.15, 0.2) is 29.2 Å². The Balaban J connectivity index is 1.53. The number of nitriles is 1. The first-order chi connectivity index (χ1) is 12.8. The van der Waals surface area contributed by atoms with Crippen molar-refractivity contribution in [2.24, 2.45) is 11.8 Å². The number of nitrogens with one attached hydrogen (secondary N) is 1. The molecule has 6 heteroatoms. The molecule has 2 atom stereocenters. The van der Waals surface area contributed by atoms with E-state index in [1.54, 1.807) is 0 Å². The van der Waals surface area contributed by atoms with Gasteiger partial charge in [0.15, 0.2) is 0 Å². The summed E-state index contributed by atoms with van der Waals surface area (Å²) in [4.78, 5) is 15.9. The second-order valence-corrected chi connectivity index (χ2v) is 8.02. The fraction of sp³-hybridized carbons (Fsp3) is 0.600. The second-order valence-electron chi connectivity index (χ2n) is 6.93. The summed E-state index contributed by atoms with van der Waals surface area (Å²) in [5.41, 5.74) is 1.25. The summed E-state index contributed by atoms with van der Waals surface area (Å²) in [5.74, 6) is 1.46. The van der Waals surface area contributed by atoms with Crippen molar-refractivity contribution in [3.05, 3.63) is 24.3 Å². The van der Waals surface area contributed by atoms with Crippen molar-refractivity contribution in [1.29, 1.82) is 5.26 Å². The summed E-state index contributed by atoms with van der Waals surface area (Å²) < 4.78 is 5.41. The summed E-state index contributed by atoms with van der Waals surface area (Å²) in [6.07, 6.45) is 4.35. The molecule has 1 aliphatic heterocycles. The molecule has 1 aromatic carbocycles. The largest absolute Gasteiger partial charge is 0.378 e. The van der Waals surface area contributed by atoms with Gasteiger partial charge in [-0.3, -0.25) is 4.79 Å². The predicted octanol–water partition coefficient (Wildman–Crippen LogP) is 3.06. The third-order valence-electron chi connectivity index (χ3n) is 5.26. The Morgan fingerprint density at radius 1 is 1.23 bits per heavy atom. The van der Waals surface area contributed by atoms with E-state index in [1.807, 2.05) is 17.8 Å². The van der Waals surface area contributed by atoms with Gasteiger partial charge in [0.25, 0.3) is 0 Å². The summed E-state index contributed by atoms with van der Waals surface area (Å²) >= 11 is 1.84. The van der Waals surface area contributed by atoms with Gasteiger partial charge in [0, 0.05) is 35.3 Å². The van der Waals surface area contributed by atoms with E-state index in [-0.39, 0.29) is 18.4 Å². The third kappa shape index (κ3) is 5.15. The number of amides is 1. The molecule has 26 heavy (non-hydrogen) atoms. The lowest BCUT2D eigenvalue weighted by atomic mass is 9.80. The van der Waals surface area contributed by atoms with Crippen LogP contribution in [0.4, 0.5) is 5.69 Å². The van der Waals surface area contributed by atoms with Crippen molar-refractivity contribution in [3.63, 3.8) is 0 Å². The van der Waals surface area contributed by atoms with E-state index >= 15 is 0 Å². The molecule has 1 saturated carbocycles. The van der Waals surface area contributed by atoms with Gasteiger partial charge in [-0.2, -0.15) is 5.26 Å². The first-order valence-electron chi connectivity index (χ1n) is 9.48. The van der Waals surface area contributed by atoms with Crippen LogP contribution in [0.2, 0.25) is 0 Å². The highest BCUT2D eigenvalue weighted by molar-refractivity contribution is 7.99. The van der Waals surface area contributed by atoms with E-state index in [0.29, 0.717) is 5.92 Å². The number of thioether (sulfide) groups is 1. The Labute approximate surface area is 160 Å². The minimum atomic E-state index is 0.0530. The molecule has 1 aliphatic carbocycles. The van der Waals surface area contributed by atoms with Gasteiger partial charge in [0.05, 0.1) is 19.3 Å². The molecule has 0 bridgehead atoms. The Kier molecular flexibility index (Phi) is 7.22. The summed E-state index contributed by atoms with van der Waals surface area (Å²) in [6, 6.07) is 10.7. The number of morpholine rings is 1. The number of anilines is 1. The molecule has 2 unspecified atom stereocenters. The van der Waals surface area contributed by atoms with Crippen LogP contribution in [0.5, 0.6) is 0 Å². The van der Waals surface area contributed by atoms with Gasteiger partial charge < -0.3 is 15.0 Å². The smallest absolute Gasteiger partial charge is 0.224 e. The quantitative estimate of drug-likeness (QED) is 0.613. The molecule has 1 N–H and O–H groups in total. The number of hydrogen-bond acceptors (Lipinski definition) is 5. The van der Waals surface area contributed by atoms with Crippen LogP contribution in [-0.2, 0) is 9.53 Å². The fourth-order valence-corrected chi connectivity index (χ4v) is 4.92. The van der Waals surface area contributed by atoms with Gasteiger partial charge in [0.1, 0.15) is 6.54 Å². The van der Waals surface area contributed by atoms with Crippen molar-refractivity contribution >= 4 is 23.4 Å². The maximum Gasteiger partial charge on any atom is 0.224 e. The number of hydrogen-bond donors (Lipinski definition) is 1. The third-order valence-corrected chi connectivity index (χ3v) is 6.46. The summed E-state index contributed by atoms with van der Waals surface area (Å²) in [5, 5.41) is 11.4. The molecule has 5 nitrogen and oxygen atoms in total. The SMILES string of the molecule is N#CCNC(=O)C1CCCCC1CSc1ccc(N2CCOCC2)cc1. The lowest BCUT2D eigenvalue weighted by molar-refractivity contribution is -0.127. The van der Waals surface area contributed by atoms with Gasteiger partial charge in [0.2, 0.25) is 5.91 Å². The Morgan fingerprint density at radius 2 is 1.96 bits per heavy atom. The van der Waals surface area contributed by atoms with E-state index < -0.39 is 0 Å². The van der Waals surface area contributed by atoms with Crippen molar-refractivity contribution < 1.29 is 9.53 Å².